The van der Waals surface area contributed by atoms with E-state index < -0.39 is 0 Å². The van der Waals surface area contributed by atoms with E-state index in [9.17, 15) is 4.79 Å². The molecule has 2 rings (SSSR count). The number of hydrogen-bond acceptors (Lipinski definition) is 3. The molecule has 1 aliphatic carbocycles. The summed E-state index contributed by atoms with van der Waals surface area (Å²) in [6.07, 6.45) is 3.84. The highest BCUT2D eigenvalue weighted by molar-refractivity contribution is 7.15. The molecule has 1 fully saturated rings. The minimum absolute atomic E-state index is 0.156. The summed E-state index contributed by atoms with van der Waals surface area (Å²) >= 11 is 1.57. The van der Waals surface area contributed by atoms with E-state index in [4.69, 9.17) is 0 Å². The molecule has 1 aliphatic rings. The second-order valence-corrected chi connectivity index (χ2v) is 5.04. The Morgan fingerprint density at radius 1 is 1.64 bits per heavy atom. The minimum Gasteiger partial charge on any atom is -0.316 e. The molecular formula is C10H14N2OS. The summed E-state index contributed by atoms with van der Waals surface area (Å²) in [5.74, 6) is 0.857. The fourth-order valence-corrected chi connectivity index (χ4v) is 2.00. The van der Waals surface area contributed by atoms with Crippen LogP contribution < -0.4 is 5.32 Å². The Kier molecular flexibility index (Phi) is 2.54. The van der Waals surface area contributed by atoms with Gasteiger partial charge in [0.25, 0.3) is 0 Å². The van der Waals surface area contributed by atoms with E-state index in [2.05, 4.69) is 24.1 Å². The van der Waals surface area contributed by atoms with E-state index in [0.717, 1.165) is 22.9 Å². The maximum absolute atomic E-state index is 11.4. The molecule has 0 radical (unpaired) electrons. The molecule has 76 valence electrons. The summed E-state index contributed by atoms with van der Waals surface area (Å²) in [6, 6.07) is 0. The Balaban J connectivity index is 1.98. The van der Waals surface area contributed by atoms with Gasteiger partial charge >= 0.3 is 0 Å². The molecule has 0 unspecified atom stereocenters. The predicted octanol–water partition coefficient (Wildman–Crippen LogP) is 2.62. The average Bonchev–Trinajstić information content (AvgIpc) is 2.87. The van der Waals surface area contributed by atoms with E-state index in [1.165, 1.54) is 0 Å². The van der Waals surface area contributed by atoms with Gasteiger partial charge in [-0.3, -0.25) is 4.79 Å². The number of hydrogen-bond donors (Lipinski definition) is 1. The van der Waals surface area contributed by atoms with Gasteiger partial charge < -0.3 is 5.32 Å². The molecule has 3 nitrogen and oxygen atoms in total. The number of nitrogens with one attached hydrogen (secondary N) is 1. The van der Waals surface area contributed by atoms with E-state index in [-0.39, 0.29) is 11.8 Å². The van der Waals surface area contributed by atoms with Gasteiger partial charge in [-0.25, -0.2) is 4.98 Å². The van der Waals surface area contributed by atoms with Crippen LogP contribution in [0.15, 0.2) is 6.20 Å². The lowest BCUT2D eigenvalue weighted by Crippen LogP contribution is -2.11. The van der Waals surface area contributed by atoms with Crippen LogP contribution >= 0.6 is 11.3 Å². The summed E-state index contributed by atoms with van der Waals surface area (Å²) < 4.78 is 0. The maximum Gasteiger partial charge on any atom is 0.228 e. The van der Waals surface area contributed by atoms with Crippen molar-refractivity contribution >= 4 is 22.2 Å². The van der Waals surface area contributed by atoms with Gasteiger partial charge in [0.05, 0.1) is 11.2 Å². The van der Waals surface area contributed by atoms with E-state index >= 15 is 0 Å². The number of thiazole rings is 1. The fourth-order valence-electron chi connectivity index (χ4n) is 1.18. The normalized spacial score (nSPS) is 15.9. The van der Waals surface area contributed by atoms with Crippen LogP contribution in [0.5, 0.6) is 0 Å². The van der Waals surface area contributed by atoms with Gasteiger partial charge in [-0.15, -0.1) is 11.3 Å². The van der Waals surface area contributed by atoms with Gasteiger partial charge in [0.2, 0.25) is 5.91 Å². The van der Waals surface area contributed by atoms with Crippen molar-refractivity contribution in [3.05, 3.63) is 11.2 Å². The fraction of sp³-hybridized carbons (Fsp3) is 0.600. The van der Waals surface area contributed by atoms with Crippen molar-refractivity contribution in [2.75, 3.05) is 5.32 Å². The lowest BCUT2D eigenvalue weighted by molar-refractivity contribution is -0.117. The third-order valence-corrected chi connectivity index (χ3v) is 3.43. The minimum atomic E-state index is 0.156. The summed E-state index contributed by atoms with van der Waals surface area (Å²) in [4.78, 5) is 15.7. The molecule has 1 aromatic heterocycles. The second kappa shape index (κ2) is 3.69. The molecule has 1 amide bonds. The zero-order valence-corrected chi connectivity index (χ0v) is 9.23. The molecule has 1 heterocycles. The molecule has 1 saturated carbocycles. The van der Waals surface area contributed by atoms with Crippen molar-refractivity contribution in [2.24, 2.45) is 5.92 Å². The van der Waals surface area contributed by atoms with E-state index in [0.29, 0.717) is 5.92 Å². The Labute approximate surface area is 87.6 Å². The lowest BCUT2D eigenvalue weighted by atomic mass is 10.2. The highest BCUT2D eigenvalue weighted by Crippen LogP contribution is 2.31. The van der Waals surface area contributed by atoms with Gasteiger partial charge in [-0.05, 0) is 12.8 Å². The molecule has 0 saturated heterocycles. The van der Waals surface area contributed by atoms with Gasteiger partial charge in [0.1, 0.15) is 5.00 Å². The van der Waals surface area contributed by atoms with Gasteiger partial charge in [-0.2, -0.15) is 0 Å². The number of aromatic nitrogens is 1. The van der Waals surface area contributed by atoms with Crippen LogP contribution in [-0.2, 0) is 4.79 Å². The molecule has 0 atom stereocenters. The first-order valence-corrected chi connectivity index (χ1v) is 5.75. The van der Waals surface area contributed by atoms with Crippen molar-refractivity contribution in [3.8, 4) is 0 Å². The summed E-state index contributed by atoms with van der Waals surface area (Å²) in [5.41, 5.74) is 0. The standard InChI is InChI=1S/C10H14N2OS/c1-6(2)10-11-5-8(14-10)12-9(13)7-3-4-7/h5-7H,3-4H2,1-2H3,(H,12,13). The third kappa shape index (κ3) is 2.12. The molecule has 0 bridgehead atoms. The first-order chi connectivity index (χ1) is 6.66. The van der Waals surface area contributed by atoms with Gasteiger partial charge in [0.15, 0.2) is 0 Å². The molecule has 4 heteroatoms. The number of anilines is 1. The van der Waals surface area contributed by atoms with Crippen molar-refractivity contribution in [1.82, 2.24) is 4.98 Å². The summed E-state index contributed by atoms with van der Waals surface area (Å²) in [5, 5.41) is 4.86. The van der Waals surface area contributed by atoms with Crippen molar-refractivity contribution in [2.45, 2.75) is 32.6 Å². The Morgan fingerprint density at radius 2 is 2.36 bits per heavy atom. The van der Waals surface area contributed by atoms with Crippen molar-refractivity contribution in [3.63, 3.8) is 0 Å². The van der Waals surface area contributed by atoms with Crippen LogP contribution in [0.25, 0.3) is 0 Å². The largest absolute Gasteiger partial charge is 0.316 e. The number of rotatable bonds is 3. The van der Waals surface area contributed by atoms with Crippen LogP contribution in [0.2, 0.25) is 0 Å². The number of amides is 1. The highest BCUT2D eigenvalue weighted by Gasteiger charge is 2.29. The van der Waals surface area contributed by atoms with Crippen LogP contribution in [0.1, 0.15) is 37.6 Å². The second-order valence-electron chi connectivity index (χ2n) is 3.98. The molecule has 0 spiro atoms. The number of carbonyl (C=O) groups excluding carboxylic acids is 1. The van der Waals surface area contributed by atoms with Crippen molar-refractivity contribution < 1.29 is 4.79 Å². The quantitative estimate of drug-likeness (QED) is 0.833. The molecular weight excluding hydrogens is 196 g/mol. The number of nitrogens with zero attached hydrogens (tertiary/aromatic N) is 1. The Bertz CT molecular complexity index is 342. The monoisotopic (exact) mass is 210 g/mol. The summed E-state index contributed by atoms with van der Waals surface area (Å²) in [6.45, 7) is 4.21. The van der Waals surface area contributed by atoms with Crippen molar-refractivity contribution in [1.29, 1.82) is 0 Å². The van der Waals surface area contributed by atoms with Crippen LogP contribution in [-0.4, -0.2) is 10.9 Å². The van der Waals surface area contributed by atoms with Gasteiger partial charge in [0, 0.05) is 11.8 Å². The molecule has 1 aromatic rings. The van der Waals surface area contributed by atoms with Gasteiger partial charge in [-0.1, -0.05) is 13.8 Å². The highest BCUT2D eigenvalue weighted by atomic mass is 32.1. The Hall–Kier alpha value is -0.900. The first-order valence-electron chi connectivity index (χ1n) is 4.93. The zero-order chi connectivity index (χ0) is 10.1. The topological polar surface area (TPSA) is 42.0 Å². The number of carbonyl (C=O) groups is 1. The lowest BCUT2D eigenvalue weighted by Gasteiger charge is -1.99. The molecule has 14 heavy (non-hydrogen) atoms. The molecule has 1 N–H and O–H groups in total. The van der Waals surface area contributed by atoms with Crippen LogP contribution in [0.3, 0.4) is 0 Å². The maximum atomic E-state index is 11.4. The van der Waals surface area contributed by atoms with Crippen LogP contribution in [0, 0.1) is 5.92 Å². The van der Waals surface area contributed by atoms with E-state index in [1.807, 2.05) is 0 Å². The predicted molar refractivity (Wildman–Crippen MR) is 57.6 cm³/mol. The Morgan fingerprint density at radius 3 is 2.86 bits per heavy atom. The van der Waals surface area contributed by atoms with Crippen LogP contribution in [0.4, 0.5) is 5.00 Å². The first kappa shape index (κ1) is 9.65. The zero-order valence-electron chi connectivity index (χ0n) is 8.41. The smallest absolute Gasteiger partial charge is 0.228 e. The third-order valence-electron chi connectivity index (χ3n) is 2.21. The SMILES string of the molecule is CC(C)c1ncc(NC(=O)C2CC2)s1. The molecule has 0 aliphatic heterocycles. The summed E-state index contributed by atoms with van der Waals surface area (Å²) in [7, 11) is 0. The van der Waals surface area contributed by atoms with E-state index in [1.54, 1.807) is 17.5 Å². The average molecular weight is 210 g/mol. The molecule has 0 aromatic carbocycles.